The van der Waals surface area contributed by atoms with Gasteiger partial charge in [0.2, 0.25) is 0 Å². The molecule has 0 aromatic heterocycles. The molecule has 0 saturated carbocycles. The Morgan fingerprint density at radius 2 is 1.79 bits per heavy atom. The smallest absolute Gasteiger partial charge is 0.389 e. The van der Waals surface area contributed by atoms with Gasteiger partial charge in [0.25, 0.3) is 0 Å². The van der Waals surface area contributed by atoms with Crippen molar-refractivity contribution in [2.75, 3.05) is 46.6 Å². The van der Waals surface area contributed by atoms with Gasteiger partial charge in [0.05, 0.1) is 0 Å². The fraction of sp³-hybridized carbons (Fsp3) is 0.955. The van der Waals surface area contributed by atoms with Gasteiger partial charge in [-0.2, -0.15) is 18.2 Å². The summed E-state index contributed by atoms with van der Waals surface area (Å²) < 4.78 is 60.7. The quantitative estimate of drug-likeness (QED) is 0.174. The Morgan fingerprint density at radius 3 is 2.36 bits per heavy atom. The molecule has 2 rings (SSSR count). The molecule has 2 fully saturated rings. The maximum absolute atomic E-state index is 13.0. The Bertz CT molecular complexity index is 590. The van der Waals surface area contributed by atoms with E-state index in [2.05, 4.69) is 0 Å². The summed E-state index contributed by atoms with van der Waals surface area (Å²) in [5.41, 5.74) is -1.36. The molecule has 2 aliphatic heterocycles. The fourth-order valence-electron chi connectivity index (χ4n) is 3.90. The second-order valence-electron chi connectivity index (χ2n) is 9.78. The molecule has 0 aliphatic carbocycles. The summed E-state index contributed by atoms with van der Waals surface area (Å²) in [6, 6.07) is 0. The third-order valence-corrected chi connectivity index (χ3v) is 6.80. The molecule has 0 bridgehead atoms. The van der Waals surface area contributed by atoms with E-state index in [-0.39, 0.29) is 19.0 Å². The lowest BCUT2D eigenvalue weighted by Gasteiger charge is -2.42. The normalized spacial score (nSPS) is 20.8. The van der Waals surface area contributed by atoms with Crippen LogP contribution in [0.4, 0.5) is 13.2 Å². The highest BCUT2D eigenvalue weighted by atomic mass is 32.2. The highest BCUT2D eigenvalue weighted by Gasteiger charge is 2.47. The van der Waals surface area contributed by atoms with Gasteiger partial charge in [-0.25, -0.2) is 13.4 Å². The molecule has 0 aromatic rings. The SMILES string of the molecule is CN(SON1CCC(CCOCCCC(F)(F)F)CC1)C1(C(=O)OC(C)(C)C)CCOCC1. The van der Waals surface area contributed by atoms with Crippen LogP contribution < -0.4 is 0 Å². The molecule has 7 nitrogen and oxygen atoms in total. The van der Waals surface area contributed by atoms with Gasteiger partial charge in [0.15, 0.2) is 0 Å². The van der Waals surface area contributed by atoms with Crippen LogP contribution in [0, 0.1) is 5.92 Å². The Kier molecular flexibility index (Phi) is 11.2. The lowest BCUT2D eigenvalue weighted by Crippen LogP contribution is -2.56. The predicted molar refractivity (Wildman–Crippen MR) is 120 cm³/mol. The zero-order chi connectivity index (χ0) is 24.5. The minimum Gasteiger partial charge on any atom is -0.459 e. The van der Waals surface area contributed by atoms with Crippen LogP contribution in [-0.4, -0.2) is 79.2 Å². The molecule has 0 aromatic carbocycles. The van der Waals surface area contributed by atoms with E-state index in [4.69, 9.17) is 18.5 Å². The van der Waals surface area contributed by atoms with Crippen LogP contribution in [0.5, 0.6) is 0 Å². The van der Waals surface area contributed by atoms with Gasteiger partial charge in [-0.1, -0.05) is 0 Å². The van der Waals surface area contributed by atoms with E-state index >= 15 is 0 Å². The highest BCUT2D eigenvalue weighted by Crippen LogP contribution is 2.35. The summed E-state index contributed by atoms with van der Waals surface area (Å²) in [6.45, 7) is 8.71. The molecule has 0 N–H and O–H groups in total. The van der Waals surface area contributed by atoms with E-state index in [1.165, 1.54) is 0 Å². The van der Waals surface area contributed by atoms with Crippen molar-refractivity contribution in [3.8, 4) is 0 Å². The Morgan fingerprint density at radius 1 is 1.15 bits per heavy atom. The van der Waals surface area contributed by atoms with E-state index in [9.17, 15) is 18.0 Å². The molecule has 194 valence electrons. The maximum Gasteiger partial charge on any atom is 0.389 e. The average molecular weight is 501 g/mol. The Hall–Kier alpha value is -0.590. The second-order valence-corrected chi connectivity index (χ2v) is 10.6. The van der Waals surface area contributed by atoms with Gasteiger partial charge >= 0.3 is 12.1 Å². The van der Waals surface area contributed by atoms with Crippen LogP contribution in [0.3, 0.4) is 0 Å². The summed E-state index contributed by atoms with van der Waals surface area (Å²) >= 11 is 1.16. The molecule has 2 aliphatic rings. The molecular weight excluding hydrogens is 461 g/mol. The van der Waals surface area contributed by atoms with Crippen molar-refractivity contribution in [1.29, 1.82) is 0 Å². The number of likely N-dealkylation sites (N-methyl/N-ethyl adjacent to an activating group) is 1. The van der Waals surface area contributed by atoms with Crippen LogP contribution in [0.2, 0.25) is 0 Å². The topological polar surface area (TPSA) is 60.5 Å². The lowest BCUT2D eigenvalue weighted by atomic mass is 9.90. The number of carbonyl (C=O) groups excluding carboxylic acids is 1. The molecule has 11 heteroatoms. The van der Waals surface area contributed by atoms with E-state index in [1.807, 2.05) is 37.2 Å². The zero-order valence-corrected chi connectivity index (χ0v) is 21.1. The molecule has 2 heterocycles. The van der Waals surface area contributed by atoms with Crippen molar-refractivity contribution < 1.29 is 36.5 Å². The van der Waals surface area contributed by atoms with E-state index < -0.39 is 23.7 Å². The van der Waals surface area contributed by atoms with Gasteiger partial charge in [-0.3, -0.25) is 0 Å². The summed E-state index contributed by atoms with van der Waals surface area (Å²) in [5, 5.41) is 1.89. The Balaban J connectivity index is 1.69. The maximum atomic E-state index is 13.0. The molecule has 0 amide bonds. The van der Waals surface area contributed by atoms with Gasteiger partial charge < -0.3 is 14.2 Å². The molecule has 33 heavy (non-hydrogen) atoms. The molecule has 0 spiro atoms. The summed E-state index contributed by atoms with van der Waals surface area (Å²) in [6.07, 6.45) is -1.11. The summed E-state index contributed by atoms with van der Waals surface area (Å²) in [7, 11) is 1.85. The van der Waals surface area contributed by atoms with Crippen molar-refractivity contribution in [3.05, 3.63) is 0 Å². The number of nitrogens with zero attached hydrogens (tertiary/aromatic N) is 2. The molecular formula is C22H39F3N2O5S. The van der Waals surface area contributed by atoms with Gasteiger partial charge in [-0.05, 0) is 52.4 Å². The Labute approximate surface area is 199 Å². The number of esters is 1. The van der Waals surface area contributed by atoms with E-state index in [0.717, 1.165) is 44.6 Å². The third-order valence-electron chi connectivity index (χ3n) is 5.94. The molecule has 0 unspecified atom stereocenters. The predicted octanol–water partition coefficient (Wildman–Crippen LogP) is 4.77. The number of halogens is 3. The van der Waals surface area contributed by atoms with Crippen LogP contribution in [0.25, 0.3) is 0 Å². The average Bonchev–Trinajstić information content (AvgIpc) is 2.73. The molecule has 0 atom stereocenters. The number of hydrogen-bond donors (Lipinski definition) is 0. The fourth-order valence-corrected chi connectivity index (χ4v) is 4.64. The number of hydroxylamine groups is 2. The standard InChI is InChI=1S/C22H39F3N2O5S/c1-20(2,3)31-19(28)21(10-16-30-17-11-21)26(4)33-32-27-12-6-18(7-13-27)8-15-29-14-5-9-22(23,24)25/h18H,5-17H2,1-4H3. The number of ether oxygens (including phenoxy) is 3. The molecule has 2 saturated heterocycles. The van der Waals surface area contributed by atoms with Crippen LogP contribution in [0.1, 0.15) is 65.7 Å². The van der Waals surface area contributed by atoms with Crippen molar-refractivity contribution in [1.82, 2.24) is 9.37 Å². The van der Waals surface area contributed by atoms with Crippen molar-refractivity contribution in [3.63, 3.8) is 0 Å². The van der Waals surface area contributed by atoms with Crippen molar-refractivity contribution in [2.45, 2.75) is 83.0 Å². The van der Waals surface area contributed by atoms with Gasteiger partial charge in [0.1, 0.15) is 23.4 Å². The zero-order valence-electron chi connectivity index (χ0n) is 20.2. The third kappa shape index (κ3) is 10.3. The minimum absolute atomic E-state index is 0.0113. The first-order valence-corrected chi connectivity index (χ1v) is 12.4. The highest BCUT2D eigenvalue weighted by molar-refractivity contribution is 7.92. The first-order chi connectivity index (χ1) is 15.4. The van der Waals surface area contributed by atoms with Crippen LogP contribution in [-0.2, 0) is 23.3 Å². The number of carbonyl (C=O) groups is 1. The summed E-state index contributed by atoms with van der Waals surface area (Å²) in [5.74, 6) is 0.213. The number of rotatable bonds is 11. The van der Waals surface area contributed by atoms with E-state index in [0.29, 0.717) is 38.6 Å². The van der Waals surface area contributed by atoms with Crippen LogP contribution in [0.15, 0.2) is 0 Å². The minimum atomic E-state index is -4.11. The first-order valence-electron chi connectivity index (χ1n) is 11.7. The lowest BCUT2D eigenvalue weighted by molar-refractivity contribution is -0.172. The summed E-state index contributed by atoms with van der Waals surface area (Å²) in [4.78, 5) is 13.0. The first kappa shape index (κ1) is 28.6. The number of alkyl halides is 3. The molecule has 0 radical (unpaired) electrons. The van der Waals surface area contributed by atoms with Crippen molar-refractivity contribution >= 4 is 18.2 Å². The monoisotopic (exact) mass is 500 g/mol. The number of hydrogen-bond acceptors (Lipinski definition) is 8. The van der Waals surface area contributed by atoms with E-state index in [1.54, 1.807) is 0 Å². The van der Waals surface area contributed by atoms with Gasteiger partial charge in [0, 0.05) is 65.8 Å². The second kappa shape index (κ2) is 12.9. The van der Waals surface area contributed by atoms with Gasteiger partial charge in [-0.15, -0.1) is 0 Å². The largest absolute Gasteiger partial charge is 0.459 e. The number of piperidine rings is 1. The van der Waals surface area contributed by atoms with Crippen molar-refractivity contribution in [2.24, 2.45) is 5.92 Å². The van der Waals surface area contributed by atoms with Crippen LogP contribution >= 0.6 is 12.2 Å².